The topological polar surface area (TPSA) is 25.2 Å². The largest absolute Gasteiger partial charge is 0.459 e. The van der Waals surface area contributed by atoms with Gasteiger partial charge in [0.2, 0.25) is 0 Å². The fraction of sp³-hybridized carbons (Fsp3) is 0.579. The number of rotatable bonds is 4. The molecule has 3 rings (SSSR count). The minimum atomic E-state index is 0.274. The molecule has 0 radical (unpaired) electrons. The van der Waals surface area contributed by atoms with E-state index in [2.05, 4.69) is 37.4 Å². The van der Waals surface area contributed by atoms with E-state index in [-0.39, 0.29) is 6.04 Å². The molecule has 0 spiro atoms. The summed E-state index contributed by atoms with van der Waals surface area (Å²) in [6.07, 6.45) is 8.39. The van der Waals surface area contributed by atoms with E-state index in [0.29, 0.717) is 6.04 Å². The molecule has 1 unspecified atom stereocenters. The molecule has 1 aliphatic rings. The molecular formula is C19H27NO. The van der Waals surface area contributed by atoms with Gasteiger partial charge < -0.3 is 9.73 Å². The number of benzene rings is 1. The predicted octanol–water partition coefficient (Wildman–Crippen LogP) is 5.44. The van der Waals surface area contributed by atoms with E-state index in [1.807, 2.05) is 12.1 Å². The summed E-state index contributed by atoms with van der Waals surface area (Å²) in [7, 11) is 0. The fourth-order valence-corrected chi connectivity index (χ4v) is 3.64. The first-order valence-electron chi connectivity index (χ1n) is 8.48. The molecule has 1 heterocycles. The van der Waals surface area contributed by atoms with Gasteiger partial charge in [-0.2, -0.15) is 0 Å². The van der Waals surface area contributed by atoms with E-state index in [1.165, 1.54) is 43.9 Å². The van der Waals surface area contributed by atoms with Crippen LogP contribution in [0.3, 0.4) is 0 Å². The molecule has 0 aliphatic heterocycles. The van der Waals surface area contributed by atoms with Crippen molar-refractivity contribution in [2.75, 3.05) is 0 Å². The van der Waals surface area contributed by atoms with E-state index in [0.717, 1.165) is 17.3 Å². The fourth-order valence-electron chi connectivity index (χ4n) is 3.64. The molecule has 114 valence electrons. The summed E-state index contributed by atoms with van der Waals surface area (Å²) in [5.74, 6) is 1.87. The van der Waals surface area contributed by atoms with Crippen LogP contribution in [-0.4, -0.2) is 6.04 Å². The third-order valence-electron chi connectivity index (χ3n) is 4.99. The number of hydrogen-bond acceptors (Lipinski definition) is 2. The van der Waals surface area contributed by atoms with Gasteiger partial charge in [0, 0.05) is 11.4 Å². The number of hydrogen-bond donors (Lipinski definition) is 1. The van der Waals surface area contributed by atoms with Crippen LogP contribution >= 0.6 is 0 Å². The standard InChI is InChI=1S/C19H27NO/c1-14(16-9-5-3-4-6-10-16)20-15(2)19-13-17-11-7-8-12-18(17)21-19/h7-8,11-16,20H,3-6,9-10H2,1-2H3/t14-,15?/m1/s1. The van der Waals surface area contributed by atoms with Crippen molar-refractivity contribution in [1.82, 2.24) is 5.32 Å². The molecule has 0 saturated heterocycles. The van der Waals surface area contributed by atoms with Crippen LogP contribution in [0.2, 0.25) is 0 Å². The first-order chi connectivity index (χ1) is 10.2. The molecule has 2 aromatic rings. The number of fused-ring (bicyclic) bond motifs is 1. The number of para-hydroxylation sites is 1. The monoisotopic (exact) mass is 285 g/mol. The summed E-state index contributed by atoms with van der Waals surface area (Å²) in [5, 5.41) is 4.96. The first kappa shape index (κ1) is 14.6. The summed E-state index contributed by atoms with van der Waals surface area (Å²) in [6, 6.07) is 11.3. The molecule has 21 heavy (non-hydrogen) atoms. The summed E-state index contributed by atoms with van der Waals surface area (Å²) < 4.78 is 5.98. The van der Waals surface area contributed by atoms with Gasteiger partial charge in [-0.1, -0.05) is 43.9 Å². The van der Waals surface area contributed by atoms with Crippen molar-refractivity contribution in [3.63, 3.8) is 0 Å². The Kier molecular flexibility index (Phi) is 4.64. The van der Waals surface area contributed by atoms with Crippen molar-refractivity contribution in [3.8, 4) is 0 Å². The van der Waals surface area contributed by atoms with Gasteiger partial charge in [0.25, 0.3) is 0 Å². The van der Waals surface area contributed by atoms with Gasteiger partial charge in [-0.3, -0.25) is 0 Å². The van der Waals surface area contributed by atoms with Gasteiger partial charge in [0.1, 0.15) is 11.3 Å². The Balaban J connectivity index is 1.65. The molecule has 2 atom stereocenters. The SMILES string of the molecule is CC(N[C@H](C)C1CCCCCC1)c1cc2ccccc2o1. The highest BCUT2D eigenvalue weighted by Crippen LogP contribution is 2.28. The second-order valence-corrected chi connectivity index (χ2v) is 6.62. The number of furan rings is 1. The Morgan fingerprint density at radius 1 is 1.05 bits per heavy atom. The highest BCUT2D eigenvalue weighted by atomic mass is 16.3. The van der Waals surface area contributed by atoms with Crippen LogP contribution in [0.5, 0.6) is 0 Å². The van der Waals surface area contributed by atoms with Crippen LogP contribution in [-0.2, 0) is 0 Å². The van der Waals surface area contributed by atoms with E-state index in [4.69, 9.17) is 4.42 Å². The van der Waals surface area contributed by atoms with Crippen LogP contribution in [0.4, 0.5) is 0 Å². The van der Waals surface area contributed by atoms with E-state index < -0.39 is 0 Å². The lowest BCUT2D eigenvalue weighted by Gasteiger charge is -2.26. The molecule has 2 nitrogen and oxygen atoms in total. The summed E-state index contributed by atoms with van der Waals surface area (Å²) >= 11 is 0. The average Bonchev–Trinajstić information content (AvgIpc) is 2.73. The summed E-state index contributed by atoms with van der Waals surface area (Å²) in [5.41, 5.74) is 0.989. The Morgan fingerprint density at radius 2 is 1.76 bits per heavy atom. The zero-order chi connectivity index (χ0) is 14.7. The smallest absolute Gasteiger partial charge is 0.134 e. The van der Waals surface area contributed by atoms with Gasteiger partial charge in [-0.15, -0.1) is 0 Å². The normalized spacial score (nSPS) is 20.3. The Hall–Kier alpha value is -1.28. The molecule has 1 aliphatic carbocycles. The zero-order valence-corrected chi connectivity index (χ0v) is 13.3. The minimum absolute atomic E-state index is 0.274. The lowest BCUT2D eigenvalue weighted by Crippen LogP contribution is -2.35. The van der Waals surface area contributed by atoms with Gasteiger partial charge in [-0.05, 0) is 44.7 Å². The van der Waals surface area contributed by atoms with E-state index in [9.17, 15) is 0 Å². The van der Waals surface area contributed by atoms with Gasteiger partial charge >= 0.3 is 0 Å². The molecule has 1 aromatic carbocycles. The predicted molar refractivity (Wildman–Crippen MR) is 88.4 cm³/mol. The zero-order valence-electron chi connectivity index (χ0n) is 13.3. The first-order valence-corrected chi connectivity index (χ1v) is 8.48. The maximum absolute atomic E-state index is 5.98. The summed E-state index contributed by atoms with van der Waals surface area (Å²) in [4.78, 5) is 0. The average molecular weight is 285 g/mol. The second kappa shape index (κ2) is 6.65. The molecule has 1 fully saturated rings. The number of nitrogens with one attached hydrogen (secondary N) is 1. The minimum Gasteiger partial charge on any atom is -0.459 e. The van der Waals surface area contributed by atoms with Crippen molar-refractivity contribution < 1.29 is 4.42 Å². The molecule has 1 N–H and O–H groups in total. The van der Waals surface area contributed by atoms with Crippen LogP contribution in [0.25, 0.3) is 11.0 Å². The van der Waals surface area contributed by atoms with E-state index in [1.54, 1.807) is 0 Å². The van der Waals surface area contributed by atoms with E-state index >= 15 is 0 Å². The molecule has 2 heteroatoms. The molecule has 1 saturated carbocycles. The van der Waals surface area contributed by atoms with Crippen molar-refractivity contribution >= 4 is 11.0 Å². The van der Waals surface area contributed by atoms with Crippen LogP contribution < -0.4 is 5.32 Å². The highest BCUT2D eigenvalue weighted by molar-refractivity contribution is 5.77. The van der Waals surface area contributed by atoms with Gasteiger partial charge in [0.05, 0.1) is 6.04 Å². The third kappa shape index (κ3) is 3.49. The van der Waals surface area contributed by atoms with Gasteiger partial charge in [-0.25, -0.2) is 0 Å². The van der Waals surface area contributed by atoms with Crippen molar-refractivity contribution in [2.45, 2.75) is 64.5 Å². The Bertz CT molecular complexity index is 533. The second-order valence-electron chi connectivity index (χ2n) is 6.62. The third-order valence-corrected chi connectivity index (χ3v) is 4.99. The van der Waals surface area contributed by atoms with Crippen LogP contribution in [0.1, 0.15) is 64.2 Å². The molecular weight excluding hydrogens is 258 g/mol. The van der Waals surface area contributed by atoms with Gasteiger partial charge in [0.15, 0.2) is 0 Å². The van der Waals surface area contributed by atoms with Crippen molar-refractivity contribution in [2.24, 2.45) is 5.92 Å². The Morgan fingerprint density at radius 3 is 2.48 bits per heavy atom. The highest BCUT2D eigenvalue weighted by Gasteiger charge is 2.21. The van der Waals surface area contributed by atoms with Crippen LogP contribution in [0, 0.1) is 5.92 Å². The lowest BCUT2D eigenvalue weighted by molar-refractivity contribution is 0.302. The van der Waals surface area contributed by atoms with Crippen molar-refractivity contribution in [3.05, 3.63) is 36.1 Å². The van der Waals surface area contributed by atoms with Crippen molar-refractivity contribution in [1.29, 1.82) is 0 Å². The maximum Gasteiger partial charge on any atom is 0.134 e. The summed E-state index contributed by atoms with van der Waals surface area (Å²) in [6.45, 7) is 4.56. The van der Waals surface area contributed by atoms with Crippen LogP contribution in [0.15, 0.2) is 34.7 Å². The quantitative estimate of drug-likeness (QED) is 0.756. The molecule has 1 aromatic heterocycles. The maximum atomic E-state index is 5.98. The molecule has 0 bridgehead atoms. The lowest BCUT2D eigenvalue weighted by atomic mass is 9.92. The Labute approximate surface area is 127 Å². The molecule has 0 amide bonds.